The first-order valence-electron chi connectivity index (χ1n) is 6.50. The standard InChI is InChI=1S/C15H24N2O3/c1-14(2,3)20-13(18)17-10-7-8-12(19-6)11(9-10)15(4,5)16/h7-9H,16H2,1-6H3,(H,17,18). The number of benzene rings is 1. The lowest BCUT2D eigenvalue weighted by atomic mass is 9.94. The highest BCUT2D eigenvalue weighted by Gasteiger charge is 2.21. The van der Waals surface area contributed by atoms with Crippen LogP contribution in [0.15, 0.2) is 18.2 Å². The highest BCUT2D eigenvalue weighted by molar-refractivity contribution is 5.85. The zero-order valence-electron chi connectivity index (χ0n) is 13.0. The number of carbonyl (C=O) groups is 1. The van der Waals surface area contributed by atoms with Gasteiger partial charge in [-0.1, -0.05) is 0 Å². The summed E-state index contributed by atoms with van der Waals surface area (Å²) in [6.45, 7) is 9.20. The van der Waals surface area contributed by atoms with Gasteiger partial charge in [-0.3, -0.25) is 5.32 Å². The first-order valence-corrected chi connectivity index (χ1v) is 6.50. The fraction of sp³-hybridized carbons (Fsp3) is 0.533. The van der Waals surface area contributed by atoms with E-state index in [1.807, 2.05) is 34.6 Å². The monoisotopic (exact) mass is 280 g/mol. The average Bonchev–Trinajstić information content (AvgIpc) is 2.25. The van der Waals surface area contributed by atoms with Gasteiger partial charge in [0.25, 0.3) is 0 Å². The van der Waals surface area contributed by atoms with Crippen molar-refractivity contribution in [2.75, 3.05) is 12.4 Å². The van der Waals surface area contributed by atoms with Crippen LogP contribution in [0, 0.1) is 0 Å². The molecule has 1 aromatic carbocycles. The first-order chi connectivity index (χ1) is 9.03. The van der Waals surface area contributed by atoms with Gasteiger partial charge in [-0.2, -0.15) is 0 Å². The number of ether oxygens (including phenoxy) is 2. The molecule has 0 aliphatic carbocycles. The number of nitrogens with two attached hydrogens (primary N) is 1. The van der Waals surface area contributed by atoms with Gasteiger partial charge in [0.1, 0.15) is 11.4 Å². The molecule has 0 aliphatic rings. The Hall–Kier alpha value is -1.75. The Kier molecular flexibility index (Phi) is 4.65. The molecule has 0 heterocycles. The molecule has 0 spiro atoms. The van der Waals surface area contributed by atoms with E-state index in [2.05, 4.69) is 5.32 Å². The molecular weight excluding hydrogens is 256 g/mol. The van der Waals surface area contributed by atoms with Gasteiger partial charge >= 0.3 is 6.09 Å². The zero-order valence-corrected chi connectivity index (χ0v) is 13.0. The number of rotatable bonds is 3. The van der Waals surface area contributed by atoms with Crippen LogP contribution < -0.4 is 15.8 Å². The highest BCUT2D eigenvalue weighted by Crippen LogP contribution is 2.30. The summed E-state index contributed by atoms with van der Waals surface area (Å²) >= 11 is 0. The maximum atomic E-state index is 11.7. The molecule has 0 saturated heterocycles. The molecule has 0 aromatic heterocycles. The van der Waals surface area contributed by atoms with E-state index in [9.17, 15) is 4.79 Å². The van der Waals surface area contributed by atoms with Crippen molar-refractivity contribution in [1.29, 1.82) is 0 Å². The summed E-state index contributed by atoms with van der Waals surface area (Å²) in [5.74, 6) is 0.687. The molecule has 20 heavy (non-hydrogen) atoms. The lowest BCUT2D eigenvalue weighted by Gasteiger charge is -2.24. The molecule has 3 N–H and O–H groups in total. The molecule has 0 aliphatic heterocycles. The topological polar surface area (TPSA) is 73.6 Å². The van der Waals surface area contributed by atoms with Crippen LogP contribution in [0.4, 0.5) is 10.5 Å². The van der Waals surface area contributed by atoms with E-state index in [-0.39, 0.29) is 0 Å². The van der Waals surface area contributed by atoms with Gasteiger partial charge in [-0.25, -0.2) is 4.79 Å². The number of amides is 1. The summed E-state index contributed by atoms with van der Waals surface area (Å²) in [4.78, 5) is 11.7. The van der Waals surface area contributed by atoms with Crippen LogP contribution in [0.3, 0.4) is 0 Å². The Balaban J connectivity index is 2.96. The second-order valence-electron chi connectivity index (χ2n) is 6.26. The third kappa shape index (κ3) is 4.74. The summed E-state index contributed by atoms with van der Waals surface area (Å²) in [7, 11) is 1.59. The zero-order chi connectivity index (χ0) is 15.6. The molecule has 0 radical (unpaired) electrons. The number of methoxy groups -OCH3 is 1. The van der Waals surface area contributed by atoms with Gasteiger partial charge < -0.3 is 15.2 Å². The molecule has 5 nitrogen and oxygen atoms in total. The van der Waals surface area contributed by atoms with Crippen LogP contribution in [0.1, 0.15) is 40.2 Å². The number of hydrogen-bond donors (Lipinski definition) is 2. The summed E-state index contributed by atoms with van der Waals surface area (Å²) in [5.41, 5.74) is 6.44. The number of nitrogens with one attached hydrogen (secondary N) is 1. The van der Waals surface area contributed by atoms with Crippen molar-refractivity contribution < 1.29 is 14.3 Å². The van der Waals surface area contributed by atoms with Gasteiger partial charge in [-0.05, 0) is 52.8 Å². The molecule has 1 rings (SSSR count). The Morgan fingerprint density at radius 3 is 2.25 bits per heavy atom. The van der Waals surface area contributed by atoms with Gasteiger partial charge in [0, 0.05) is 16.8 Å². The minimum absolute atomic E-state index is 0.497. The van der Waals surface area contributed by atoms with E-state index in [0.29, 0.717) is 11.4 Å². The number of hydrogen-bond acceptors (Lipinski definition) is 4. The summed E-state index contributed by atoms with van der Waals surface area (Å²) in [6, 6.07) is 5.32. The minimum Gasteiger partial charge on any atom is -0.496 e. The van der Waals surface area contributed by atoms with E-state index < -0.39 is 17.2 Å². The molecule has 0 fully saturated rings. The fourth-order valence-electron chi connectivity index (χ4n) is 1.71. The molecule has 1 amide bonds. The van der Waals surface area contributed by atoms with Crippen molar-refractivity contribution in [3.05, 3.63) is 23.8 Å². The van der Waals surface area contributed by atoms with E-state index in [4.69, 9.17) is 15.2 Å². The lowest BCUT2D eigenvalue weighted by Crippen LogP contribution is -2.30. The third-order valence-electron chi connectivity index (χ3n) is 2.54. The average molecular weight is 280 g/mol. The lowest BCUT2D eigenvalue weighted by molar-refractivity contribution is 0.0636. The van der Waals surface area contributed by atoms with Gasteiger partial charge in [0.05, 0.1) is 7.11 Å². The molecule has 0 bridgehead atoms. The van der Waals surface area contributed by atoms with E-state index in [0.717, 1.165) is 5.56 Å². The van der Waals surface area contributed by atoms with Crippen molar-refractivity contribution in [2.24, 2.45) is 5.73 Å². The Morgan fingerprint density at radius 2 is 1.80 bits per heavy atom. The summed E-state index contributed by atoms with van der Waals surface area (Å²) in [5, 5.41) is 2.69. The predicted molar refractivity (Wildman–Crippen MR) is 80.1 cm³/mol. The molecule has 5 heteroatoms. The molecule has 0 atom stereocenters. The smallest absolute Gasteiger partial charge is 0.412 e. The maximum Gasteiger partial charge on any atom is 0.412 e. The first kappa shape index (κ1) is 16.3. The molecule has 112 valence electrons. The fourth-order valence-corrected chi connectivity index (χ4v) is 1.71. The normalized spacial score (nSPS) is 11.9. The van der Waals surface area contributed by atoms with Crippen LogP contribution in [-0.4, -0.2) is 18.8 Å². The van der Waals surface area contributed by atoms with Crippen molar-refractivity contribution in [1.82, 2.24) is 0 Å². The molecule has 0 unspecified atom stereocenters. The number of carbonyl (C=O) groups excluding carboxylic acids is 1. The third-order valence-corrected chi connectivity index (χ3v) is 2.54. The van der Waals surface area contributed by atoms with Crippen LogP contribution in [0.5, 0.6) is 5.75 Å². The van der Waals surface area contributed by atoms with E-state index >= 15 is 0 Å². The van der Waals surface area contributed by atoms with E-state index in [1.165, 1.54) is 0 Å². The van der Waals surface area contributed by atoms with Crippen molar-refractivity contribution >= 4 is 11.8 Å². The summed E-state index contributed by atoms with van der Waals surface area (Å²) < 4.78 is 10.5. The Bertz CT molecular complexity index is 485. The number of anilines is 1. The van der Waals surface area contributed by atoms with Crippen molar-refractivity contribution in [3.8, 4) is 5.75 Å². The minimum atomic E-state index is -0.572. The second-order valence-corrected chi connectivity index (χ2v) is 6.26. The van der Waals surface area contributed by atoms with Crippen molar-refractivity contribution in [2.45, 2.75) is 45.8 Å². The molecule has 0 saturated carbocycles. The Labute approximate surface area is 120 Å². The van der Waals surface area contributed by atoms with Gasteiger partial charge in [-0.15, -0.1) is 0 Å². The quantitative estimate of drug-likeness (QED) is 0.891. The second kappa shape index (κ2) is 5.71. The Morgan fingerprint density at radius 1 is 1.20 bits per heavy atom. The highest BCUT2D eigenvalue weighted by atomic mass is 16.6. The maximum absolute atomic E-state index is 11.7. The molecular formula is C15H24N2O3. The van der Waals surface area contributed by atoms with Crippen LogP contribution >= 0.6 is 0 Å². The van der Waals surface area contributed by atoms with Crippen LogP contribution in [-0.2, 0) is 10.3 Å². The van der Waals surface area contributed by atoms with E-state index in [1.54, 1.807) is 25.3 Å². The van der Waals surface area contributed by atoms with Gasteiger partial charge in [0.15, 0.2) is 0 Å². The van der Waals surface area contributed by atoms with Crippen LogP contribution in [0.25, 0.3) is 0 Å². The summed E-state index contributed by atoms with van der Waals surface area (Å²) in [6.07, 6.45) is -0.497. The van der Waals surface area contributed by atoms with Crippen LogP contribution in [0.2, 0.25) is 0 Å². The largest absolute Gasteiger partial charge is 0.496 e. The van der Waals surface area contributed by atoms with Gasteiger partial charge in [0.2, 0.25) is 0 Å². The van der Waals surface area contributed by atoms with Crippen molar-refractivity contribution in [3.63, 3.8) is 0 Å². The molecule has 1 aromatic rings. The SMILES string of the molecule is COc1ccc(NC(=O)OC(C)(C)C)cc1C(C)(C)N. The predicted octanol–water partition coefficient (Wildman–Crippen LogP) is 3.24.